The fraction of sp³-hybridized carbons (Fsp3) is 0.625. The minimum absolute atomic E-state index is 0.109. The summed E-state index contributed by atoms with van der Waals surface area (Å²) in [7, 11) is 3.21. The number of benzene rings is 1. The molecule has 21 heavy (non-hydrogen) atoms. The number of ether oxygens (including phenoxy) is 2. The van der Waals surface area contributed by atoms with Gasteiger partial charge in [-0.1, -0.05) is 24.6 Å². The molecule has 0 aromatic heterocycles. The van der Waals surface area contributed by atoms with E-state index in [2.05, 4.69) is 18.7 Å². The van der Waals surface area contributed by atoms with E-state index in [-0.39, 0.29) is 6.04 Å². The molecule has 0 saturated carbocycles. The fourth-order valence-corrected chi connectivity index (χ4v) is 3.73. The highest BCUT2D eigenvalue weighted by molar-refractivity contribution is 6.33. The third-order valence-electron chi connectivity index (χ3n) is 4.33. The highest BCUT2D eigenvalue weighted by atomic mass is 35.5. The minimum atomic E-state index is 0.109. The van der Waals surface area contributed by atoms with E-state index < -0.39 is 0 Å². The molecule has 1 heterocycles. The maximum absolute atomic E-state index is 6.54. The van der Waals surface area contributed by atoms with Crippen molar-refractivity contribution in [2.45, 2.75) is 32.4 Å². The summed E-state index contributed by atoms with van der Waals surface area (Å²) in [6.45, 7) is 6.11. The Labute approximate surface area is 132 Å². The van der Waals surface area contributed by atoms with Gasteiger partial charge in [-0.2, -0.15) is 0 Å². The second-order valence-electron chi connectivity index (χ2n) is 5.84. The molecule has 0 amide bonds. The van der Waals surface area contributed by atoms with E-state index in [4.69, 9.17) is 26.8 Å². The lowest BCUT2D eigenvalue weighted by Crippen LogP contribution is -2.36. The molecule has 0 spiro atoms. The summed E-state index contributed by atoms with van der Waals surface area (Å²) in [5.74, 6) is 1.91. The third kappa shape index (κ3) is 3.12. The average molecular weight is 313 g/mol. The molecule has 2 rings (SSSR count). The van der Waals surface area contributed by atoms with Crippen LogP contribution in [0.25, 0.3) is 0 Å². The molecule has 0 aliphatic carbocycles. The number of hydrogen-bond acceptors (Lipinski definition) is 4. The van der Waals surface area contributed by atoms with Crippen molar-refractivity contribution >= 4 is 11.6 Å². The highest BCUT2D eigenvalue weighted by Gasteiger charge is 2.33. The van der Waals surface area contributed by atoms with Crippen molar-refractivity contribution < 1.29 is 9.47 Å². The first kappa shape index (κ1) is 16.4. The maximum atomic E-state index is 6.54. The summed E-state index contributed by atoms with van der Waals surface area (Å²) in [6, 6.07) is 4.51. The van der Waals surface area contributed by atoms with Gasteiger partial charge in [0.25, 0.3) is 0 Å². The van der Waals surface area contributed by atoms with Gasteiger partial charge in [0.05, 0.1) is 19.2 Å². The van der Waals surface area contributed by atoms with Gasteiger partial charge in [0.1, 0.15) is 0 Å². The molecule has 1 aromatic rings. The zero-order chi connectivity index (χ0) is 15.6. The minimum Gasteiger partial charge on any atom is -0.493 e. The Balaban J connectivity index is 2.39. The van der Waals surface area contributed by atoms with Crippen LogP contribution in [0.3, 0.4) is 0 Å². The summed E-state index contributed by atoms with van der Waals surface area (Å²) in [4.78, 5) is 2.44. The van der Waals surface area contributed by atoms with Crippen molar-refractivity contribution in [2.75, 3.05) is 27.3 Å². The van der Waals surface area contributed by atoms with E-state index in [1.54, 1.807) is 14.2 Å². The van der Waals surface area contributed by atoms with E-state index in [1.165, 1.54) is 6.42 Å². The zero-order valence-corrected chi connectivity index (χ0v) is 14.0. The Morgan fingerprint density at radius 3 is 2.52 bits per heavy atom. The fourth-order valence-electron chi connectivity index (χ4n) is 3.37. The number of rotatable bonds is 5. The van der Waals surface area contributed by atoms with Crippen LogP contribution < -0.4 is 15.2 Å². The first-order chi connectivity index (χ1) is 10.0. The summed E-state index contributed by atoms with van der Waals surface area (Å²) < 4.78 is 10.7. The molecule has 1 aliphatic heterocycles. The maximum Gasteiger partial charge on any atom is 0.179 e. The number of hydrogen-bond donors (Lipinski definition) is 1. The third-order valence-corrected chi connectivity index (χ3v) is 4.72. The zero-order valence-electron chi connectivity index (χ0n) is 13.2. The molecule has 5 heteroatoms. The predicted molar refractivity (Wildman–Crippen MR) is 86.3 cm³/mol. The Morgan fingerprint density at radius 1 is 1.33 bits per heavy atom. The van der Waals surface area contributed by atoms with E-state index >= 15 is 0 Å². The molecule has 3 unspecified atom stereocenters. The van der Waals surface area contributed by atoms with Crippen molar-refractivity contribution in [1.29, 1.82) is 0 Å². The van der Waals surface area contributed by atoms with Crippen LogP contribution in [0.4, 0.5) is 0 Å². The molecule has 2 N–H and O–H groups in total. The Bertz CT molecular complexity index is 495. The summed E-state index contributed by atoms with van der Waals surface area (Å²) in [5.41, 5.74) is 7.06. The molecule has 4 nitrogen and oxygen atoms in total. The lowest BCUT2D eigenvalue weighted by Gasteiger charge is -2.32. The van der Waals surface area contributed by atoms with Gasteiger partial charge in [-0.15, -0.1) is 0 Å². The molecule has 3 atom stereocenters. The van der Waals surface area contributed by atoms with Gasteiger partial charge < -0.3 is 15.2 Å². The van der Waals surface area contributed by atoms with Gasteiger partial charge >= 0.3 is 0 Å². The smallest absolute Gasteiger partial charge is 0.179 e. The van der Waals surface area contributed by atoms with Gasteiger partial charge in [0.15, 0.2) is 11.5 Å². The largest absolute Gasteiger partial charge is 0.493 e. The molecular weight excluding hydrogens is 288 g/mol. The van der Waals surface area contributed by atoms with E-state index in [9.17, 15) is 0 Å². The van der Waals surface area contributed by atoms with Crippen molar-refractivity contribution in [3.8, 4) is 11.5 Å². The van der Waals surface area contributed by atoms with Gasteiger partial charge in [-0.3, -0.25) is 4.90 Å². The molecule has 1 aliphatic rings. The number of halogens is 1. The highest BCUT2D eigenvalue weighted by Crippen LogP contribution is 2.42. The van der Waals surface area contributed by atoms with Gasteiger partial charge in [0.2, 0.25) is 0 Å². The van der Waals surface area contributed by atoms with E-state index in [1.807, 2.05) is 12.1 Å². The molecule has 0 radical (unpaired) electrons. The van der Waals surface area contributed by atoms with Gasteiger partial charge in [0, 0.05) is 25.2 Å². The topological polar surface area (TPSA) is 47.7 Å². The Morgan fingerprint density at radius 2 is 2.05 bits per heavy atom. The van der Waals surface area contributed by atoms with Crippen LogP contribution in [0.15, 0.2) is 12.1 Å². The van der Waals surface area contributed by atoms with E-state index in [0.717, 1.165) is 12.1 Å². The lowest BCUT2D eigenvalue weighted by atomic mass is 10.0. The summed E-state index contributed by atoms with van der Waals surface area (Å²) in [5, 5.41) is 0.596. The number of nitrogens with zero attached hydrogens (tertiary/aromatic N) is 1. The quantitative estimate of drug-likeness (QED) is 0.907. The number of likely N-dealkylation sites (tertiary alicyclic amines) is 1. The monoisotopic (exact) mass is 312 g/mol. The van der Waals surface area contributed by atoms with Crippen molar-refractivity contribution in [3.63, 3.8) is 0 Å². The first-order valence-corrected chi connectivity index (χ1v) is 7.77. The van der Waals surface area contributed by atoms with Crippen LogP contribution in [-0.2, 0) is 0 Å². The van der Waals surface area contributed by atoms with Crippen LogP contribution in [0.1, 0.15) is 31.9 Å². The van der Waals surface area contributed by atoms with Gasteiger partial charge in [-0.05, 0) is 30.9 Å². The molecule has 1 saturated heterocycles. The van der Waals surface area contributed by atoms with Crippen LogP contribution in [0.2, 0.25) is 5.02 Å². The summed E-state index contributed by atoms with van der Waals surface area (Å²) >= 11 is 6.54. The SMILES string of the molecule is COc1ccc(C(CN)N2CC(C)CC2C)c(Cl)c1OC. The van der Waals surface area contributed by atoms with Gasteiger partial charge in [-0.25, -0.2) is 0 Å². The molecule has 1 aromatic carbocycles. The van der Waals surface area contributed by atoms with Crippen molar-refractivity contribution in [3.05, 3.63) is 22.7 Å². The summed E-state index contributed by atoms with van der Waals surface area (Å²) in [6.07, 6.45) is 1.20. The predicted octanol–water partition coefficient (Wildman–Crippen LogP) is 3.09. The normalized spacial score (nSPS) is 24.1. The number of methoxy groups -OCH3 is 2. The second-order valence-corrected chi connectivity index (χ2v) is 6.22. The molecule has 0 bridgehead atoms. The molecular formula is C16H25ClN2O2. The first-order valence-electron chi connectivity index (χ1n) is 7.39. The molecule has 1 fully saturated rings. The van der Waals surface area contributed by atoms with E-state index in [0.29, 0.717) is 35.0 Å². The van der Waals surface area contributed by atoms with Crippen LogP contribution in [-0.4, -0.2) is 38.3 Å². The lowest BCUT2D eigenvalue weighted by molar-refractivity contribution is 0.192. The average Bonchev–Trinajstić information content (AvgIpc) is 2.80. The second kappa shape index (κ2) is 6.86. The van der Waals surface area contributed by atoms with Crippen molar-refractivity contribution in [1.82, 2.24) is 4.90 Å². The van der Waals surface area contributed by atoms with Crippen LogP contribution >= 0.6 is 11.6 Å². The Hall–Kier alpha value is -0.970. The van der Waals surface area contributed by atoms with Crippen LogP contribution in [0.5, 0.6) is 11.5 Å². The number of nitrogens with two attached hydrogens (primary N) is 1. The van der Waals surface area contributed by atoms with Crippen LogP contribution in [0, 0.1) is 5.92 Å². The Kier molecular flexibility index (Phi) is 5.36. The molecule has 118 valence electrons. The van der Waals surface area contributed by atoms with Crippen molar-refractivity contribution in [2.24, 2.45) is 11.7 Å². The standard InChI is InChI=1S/C16H25ClN2O2/c1-10-7-11(2)19(9-10)13(8-18)12-5-6-14(20-3)16(21-4)15(12)17/h5-6,10-11,13H,7-9,18H2,1-4H3.